The van der Waals surface area contributed by atoms with Crippen molar-refractivity contribution in [3.63, 3.8) is 0 Å². The van der Waals surface area contributed by atoms with Crippen LogP contribution in [0.2, 0.25) is 0 Å². The van der Waals surface area contributed by atoms with Gasteiger partial charge in [-0.25, -0.2) is 0 Å². The predicted octanol–water partition coefficient (Wildman–Crippen LogP) is 3.03. The molecule has 0 spiro atoms. The molecule has 0 saturated carbocycles. The molecule has 0 amide bonds. The highest BCUT2D eigenvalue weighted by Crippen LogP contribution is 2.13. The fourth-order valence-corrected chi connectivity index (χ4v) is 2.52. The van der Waals surface area contributed by atoms with Crippen LogP contribution in [0.5, 0.6) is 0 Å². The number of rotatable bonds is 8. The third-order valence-electron chi connectivity index (χ3n) is 3.76. The van der Waals surface area contributed by atoms with E-state index >= 15 is 0 Å². The predicted molar refractivity (Wildman–Crippen MR) is 71.9 cm³/mol. The molecule has 16 heavy (non-hydrogen) atoms. The molecule has 1 unspecified atom stereocenters. The molecular weight excluding hydrogens is 196 g/mol. The van der Waals surface area contributed by atoms with Gasteiger partial charge in [-0.15, -0.1) is 0 Å². The molecule has 1 saturated heterocycles. The van der Waals surface area contributed by atoms with Gasteiger partial charge < -0.3 is 10.2 Å². The normalized spacial score (nSPS) is 22.5. The van der Waals surface area contributed by atoms with Crippen molar-refractivity contribution in [2.45, 2.75) is 64.3 Å². The summed E-state index contributed by atoms with van der Waals surface area (Å²) in [5.41, 5.74) is 0. The Balaban J connectivity index is 1.90. The Kier molecular flexibility index (Phi) is 7.87. The van der Waals surface area contributed by atoms with Gasteiger partial charge in [0, 0.05) is 12.6 Å². The van der Waals surface area contributed by atoms with Crippen LogP contribution in [0.15, 0.2) is 0 Å². The van der Waals surface area contributed by atoms with E-state index in [-0.39, 0.29) is 0 Å². The fourth-order valence-electron chi connectivity index (χ4n) is 2.52. The van der Waals surface area contributed by atoms with Crippen molar-refractivity contribution in [2.24, 2.45) is 0 Å². The molecule has 0 aliphatic carbocycles. The first-order valence-electron chi connectivity index (χ1n) is 7.25. The van der Waals surface area contributed by atoms with Gasteiger partial charge in [0.05, 0.1) is 0 Å². The number of hydrogen-bond donors (Lipinski definition) is 1. The zero-order valence-electron chi connectivity index (χ0n) is 11.3. The van der Waals surface area contributed by atoms with Crippen molar-refractivity contribution >= 4 is 0 Å². The quantitative estimate of drug-likeness (QED) is 0.640. The Hall–Kier alpha value is -0.0800. The number of nitrogens with one attached hydrogen (secondary N) is 1. The minimum Gasteiger partial charge on any atom is -0.315 e. The van der Waals surface area contributed by atoms with Gasteiger partial charge >= 0.3 is 0 Å². The molecule has 1 rings (SSSR count). The highest BCUT2D eigenvalue weighted by Gasteiger charge is 2.17. The summed E-state index contributed by atoms with van der Waals surface area (Å²) in [6.07, 6.45) is 11.1. The second-order valence-corrected chi connectivity index (χ2v) is 5.25. The number of piperidine rings is 1. The molecule has 1 fully saturated rings. The van der Waals surface area contributed by atoms with Crippen LogP contribution in [-0.4, -0.2) is 37.6 Å². The van der Waals surface area contributed by atoms with Crippen LogP contribution in [0.4, 0.5) is 0 Å². The van der Waals surface area contributed by atoms with Crippen molar-refractivity contribution in [3.05, 3.63) is 0 Å². The summed E-state index contributed by atoms with van der Waals surface area (Å²) in [5.74, 6) is 0. The van der Waals surface area contributed by atoms with Crippen molar-refractivity contribution in [2.75, 3.05) is 26.7 Å². The number of likely N-dealkylation sites (N-methyl/N-ethyl adjacent to an activating group) is 1. The van der Waals surface area contributed by atoms with Gasteiger partial charge in [0.25, 0.3) is 0 Å². The minimum absolute atomic E-state index is 0.796. The first-order valence-corrected chi connectivity index (χ1v) is 7.25. The molecule has 1 N–H and O–H groups in total. The van der Waals surface area contributed by atoms with Crippen molar-refractivity contribution in [3.8, 4) is 0 Å². The summed E-state index contributed by atoms with van der Waals surface area (Å²) in [4.78, 5) is 2.52. The third-order valence-corrected chi connectivity index (χ3v) is 3.76. The molecule has 0 radical (unpaired) electrons. The lowest BCUT2D eigenvalue weighted by molar-refractivity contribution is 0.181. The third kappa shape index (κ3) is 5.86. The molecular formula is C14H30N2. The zero-order chi connectivity index (χ0) is 11.6. The van der Waals surface area contributed by atoms with Crippen molar-refractivity contribution in [1.82, 2.24) is 10.2 Å². The molecule has 0 aromatic heterocycles. The molecule has 96 valence electrons. The average Bonchev–Trinajstić information content (AvgIpc) is 2.30. The summed E-state index contributed by atoms with van der Waals surface area (Å²) < 4.78 is 0. The fraction of sp³-hybridized carbons (Fsp3) is 1.00. The van der Waals surface area contributed by atoms with E-state index in [2.05, 4.69) is 24.2 Å². The van der Waals surface area contributed by atoms with Gasteiger partial charge in [-0.2, -0.15) is 0 Å². The van der Waals surface area contributed by atoms with Crippen molar-refractivity contribution in [1.29, 1.82) is 0 Å². The number of hydrogen-bond acceptors (Lipinski definition) is 2. The molecule has 2 nitrogen and oxygen atoms in total. The first-order chi connectivity index (χ1) is 7.84. The largest absolute Gasteiger partial charge is 0.315 e. The molecule has 0 aromatic rings. The standard InChI is InChI=1S/C14H30N2/c1-3-4-5-6-8-11-15-13-14-10-7-9-12-16(14)2/h14-15H,3-13H2,1-2H3. The van der Waals surface area contributed by atoms with E-state index in [9.17, 15) is 0 Å². The number of likely N-dealkylation sites (tertiary alicyclic amines) is 1. The second-order valence-electron chi connectivity index (χ2n) is 5.25. The molecule has 0 bridgehead atoms. The number of nitrogens with zero attached hydrogens (tertiary/aromatic N) is 1. The maximum Gasteiger partial charge on any atom is 0.0217 e. The molecule has 1 heterocycles. The Bertz CT molecular complexity index is 159. The van der Waals surface area contributed by atoms with Gasteiger partial charge in [0.15, 0.2) is 0 Å². The van der Waals surface area contributed by atoms with Crippen LogP contribution in [0, 0.1) is 0 Å². The molecule has 2 heteroatoms. The topological polar surface area (TPSA) is 15.3 Å². The van der Waals surface area contributed by atoms with Crippen LogP contribution in [0.3, 0.4) is 0 Å². The Labute approximate surface area is 102 Å². The highest BCUT2D eigenvalue weighted by molar-refractivity contribution is 4.75. The van der Waals surface area contributed by atoms with Gasteiger partial charge in [-0.1, -0.05) is 39.0 Å². The summed E-state index contributed by atoms with van der Waals surface area (Å²) in [6, 6.07) is 0.796. The van der Waals surface area contributed by atoms with E-state index in [1.165, 1.54) is 71.0 Å². The van der Waals surface area contributed by atoms with Crippen LogP contribution >= 0.6 is 0 Å². The minimum atomic E-state index is 0.796. The van der Waals surface area contributed by atoms with E-state index in [1.54, 1.807) is 0 Å². The highest BCUT2D eigenvalue weighted by atomic mass is 15.2. The second kappa shape index (κ2) is 9.00. The SMILES string of the molecule is CCCCCCCNCC1CCCCN1C. The molecule has 0 aromatic carbocycles. The lowest BCUT2D eigenvalue weighted by Crippen LogP contribution is -2.43. The van der Waals surface area contributed by atoms with Crippen molar-refractivity contribution < 1.29 is 0 Å². The van der Waals surface area contributed by atoms with E-state index in [4.69, 9.17) is 0 Å². The molecule has 1 atom stereocenters. The van der Waals surface area contributed by atoms with E-state index in [0.717, 1.165) is 6.04 Å². The lowest BCUT2D eigenvalue weighted by Gasteiger charge is -2.32. The molecule has 1 aliphatic heterocycles. The van der Waals surface area contributed by atoms with Crippen LogP contribution in [0.1, 0.15) is 58.3 Å². The maximum atomic E-state index is 3.62. The number of unbranched alkanes of at least 4 members (excludes halogenated alkanes) is 4. The summed E-state index contributed by atoms with van der Waals surface area (Å²) in [6.45, 7) is 5.98. The van der Waals surface area contributed by atoms with E-state index in [1.807, 2.05) is 0 Å². The smallest absolute Gasteiger partial charge is 0.0217 e. The van der Waals surface area contributed by atoms with Gasteiger partial charge in [-0.05, 0) is 39.4 Å². The van der Waals surface area contributed by atoms with Crippen LogP contribution in [-0.2, 0) is 0 Å². The Morgan fingerprint density at radius 3 is 2.69 bits per heavy atom. The zero-order valence-corrected chi connectivity index (χ0v) is 11.3. The Morgan fingerprint density at radius 1 is 1.12 bits per heavy atom. The monoisotopic (exact) mass is 226 g/mol. The van der Waals surface area contributed by atoms with Gasteiger partial charge in [0.2, 0.25) is 0 Å². The summed E-state index contributed by atoms with van der Waals surface area (Å²) >= 11 is 0. The lowest BCUT2D eigenvalue weighted by atomic mass is 10.0. The van der Waals surface area contributed by atoms with E-state index in [0.29, 0.717) is 0 Å². The average molecular weight is 226 g/mol. The first kappa shape index (κ1) is 14.0. The van der Waals surface area contributed by atoms with Crippen LogP contribution in [0.25, 0.3) is 0 Å². The van der Waals surface area contributed by atoms with Gasteiger partial charge in [-0.3, -0.25) is 0 Å². The Morgan fingerprint density at radius 2 is 1.94 bits per heavy atom. The molecule has 1 aliphatic rings. The van der Waals surface area contributed by atoms with Crippen LogP contribution < -0.4 is 5.32 Å². The maximum absolute atomic E-state index is 3.62. The summed E-state index contributed by atoms with van der Waals surface area (Å²) in [7, 11) is 2.27. The van der Waals surface area contributed by atoms with E-state index < -0.39 is 0 Å². The summed E-state index contributed by atoms with van der Waals surface area (Å²) in [5, 5.41) is 3.62. The van der Waals surface area contributed by atoms with Gasteiger partial charge in [0.1, 0.15) is 0 Å².